The van der Waals surface area contributed by atoms with Gasteiger partial charge in [0.05, 0.1) is 11.6 Å². The molecule has 0 aromatic heterocycles. The lowest BCUT2D eigenvalue weighted by atomic mass is 9.80. The number of hydrogen-bond acceptors (Lipinski definition) is 2. The average Bonchev–Trinajstić information content (AvgIpc) is 2.43. The van der Waals surface area contributed by atoms with Crippen LogP contribution in [0.2, 0.25) is 0 Å². The summed E-state index contributed by atoms with van der Waals surface area (Å²) in [6.07, 6.45) is 5.81. The van der Waals surface area contributed by atoms with E-state index in [0.717, 1.165) is 38.5 Å². The molecule has 1 saturated carbocycles. The van der Waals surface area contributed by atoms with E-state index < -0.39 is 5.60 Å². The monoisotopic (exact) mass is 274 g/mol. The number of nitrogens with one attached hydrogen (secondary N) is 2. The second kappa shape index (κ2) is 5.44. The van der Waals surface area contributed by atoms with E-state index in [-0.39, 0.29) is 12.1 Å². The molecule has 0 saturated heterocycles. The van der Waals surface area contributed by atoms with E-state index in [4.69, 9.17) is 0 Å². The highest BCUT2D eigenvalue weighted by Gasteiger charge is 2.34. The number of urea groups is 1. The minimum atomic E-state index is -0.665. The molecule has 1 aromatic rings. The molecule has 3 rings (SSSR count). The summed E-state index contributed by atoms with van der Waals surface area (Å²) in [4.78, 5) is 12.0. The molecule has 0 heterocycles. The Hall–Kier alpha value is -1.55. The van der Waals surface area contributed by atoms with Crippen molar-refractivity contribution in [2.24, 2.45) is 0 Å². The summed E-state index contributed by atoms with van der Waals surface area (Å²) in [5.41, 5.74) is 1.90. The quantitative estimate of drug-likeness (QED) is 0.792. The van der Waals surface area contributed by atoms with Crippen LogP contribution < -0.4 is 10.6 Å². The summed E-state index contributed by atoms with van der Waals surface area (Å²) in [6.45, 7) is 0.354. The first-order valence-corrected chi connectivity index (χ1v) is 7.51. The SMILES string of the molecule is O=C(NCC1(O)CCC1)NC1CCCc2ccccc21. The number of aliphatic hydroxyl groups is 1. The van der Waals surface area contributed by atoms with E-state index in [0.29, 0.717) is 6.54 Å². The summed E-state index contributed by atoms with van der Waals surface area (Å²) in [6, 6.07) is 8.22. The third-order valence-electron chi connectivity index (χ3n) is 4.54. The van der Waals surface area contributed by atoms with Crippen molar-refractivity contribution in [3.05, 3.63) is 35.4 Å². The van der Waals surface area contributed by atoms with Gasteiger partial charge >= 0.3 is 6.03 Å². The Balaban J connectivity index is 1.57. The number of aryl methyl sites for hydroxylation is 1. The van der Waals surface area contributed by atoms with Crippen molar-refractivity contribution in [3.8, 4) is 0 Å². The molecule has 20 heavy (non-hydrogen) atoms. The molecule has 0 aliphatic heterocycles. The molecule has 3 N–H and O–H groups in total. The number of amides is 2. The molecule has 4 heteroatoms. The molecule has 2 amide bonds. The Morgan fingerprint density at radius 3 is 2.85 bits per heavy atom. The van der Waals surface area contributed by atoms with Crippen LogP contribution in [-0.2, 0) is 6.42 Å². The number of carbonyl (C=O) groups excluding carboxylic acids is 1. The summed E-state index contributed by atoms with van der Waals surface area (Å²) in [5.74, 6) is 0. The third kappa shape index (κ3) is 2.80. The van der Waals surface area contributed by atoms with Crippen molar-refractivity contribution in [1.29, 1.82) is 0 Å². The fourth-order valence-electron chi connectivity index (χ4n) is 3.12. The van der Waals surface area contributed by atoms with Gasteiger partial charge in [-0.05, 0) is 49.7 Å². The number of hydrogen-bond donors (Lipinski definition) is 3. The van der Waals surface area contributed by atoms with E-state index in [1.165, 1.54) is 11.1 Å². The Labute approximate surface area is 119 Å². The van der Waals surface area contributed by atoms with Gasteiger partial charge in [0.25, 0.3) is 0 Å². The van der Waals surface area contributed by atoms with Crippen molar-refractivity contribution in [2.45, 2.75) is 50.2 Å². The van der Waals surface area contributed by atoms with E-state index in [1.807, 2.05) is 12.1 Å². The Kier molecular flexibility index (Phi) is 3.66. The van der Waals surface area contributed by atoms with Crippen LogP contribution in [-0.4, -0.2) is 23.3 Å². The van der Waals surface area contributed by atoms with E-state index in [9.17, 15) is 9.90 Å². The number of benzene rings is 1. The van der Waals surface area contributed by atoms with Crippen LogP contribution in [0.25, 0.3) is 0 Å². The van der Waals surface area contributed by atoms with Crippen LogP contribution in [0, 0.1) is 0 Å². The van der Waals surface area contributed by atoms with Crippen molar-refractivity contribution in [3.63, 3.8) is 0 Å². The molecule has 1 atom stereocenters. The van der Waals surface area contributed by atoms with Gasteiger partial charge in [0, 0.05) is 6.54 Å². The molecular weight excluding hydrogens is 252 g/mol. The fourth-order valence-corrected chi connectivity index (χ4v) is 3.12. The molecule has 1 unspecified atom stereocenters. The van der Waals surface area contributed by atoms with Gasteiger partial charge in [0.2, 0.25) is 0 Å². The first-order valence-electron chi connectivity index (χ1n) is 7.51. The molecule has 4 nitrogen and oxygen atoms in total. The van der Waals surface area contributed by atoms with Crippen molar-refractivity contribution in [1.82, 2.24) is 10.6 Å². The zero-order valence-electron chi connectivity index (χ0n) is 11.7. The minimum absolute atomic E-state index is 0.0935. The predicted molar refractivity (Wildman–Crippen MR) is 77.5 cm³/mol. The predicted octanol–water partition coefficient (Wildman–Crippen LogP) is 2.28. The van der Waals surface area contributed by atoms with Gasteiger partial charge in [-0.3, -0.25) is 0 Å². The maximum Gasteiger partial charge on any atom is 0.315 e. The first-order chi connectivity index (χ1) is 9.66. The standard InChI is InChI=1S/C16H22N2O2/c19-15(17-11-16(20)9-4-10-16)18-14-8-3-6-12-5-1-2-7-13(12)14/h1-2,5,7,14,20H,3-4,6,8-11H2,(H2,17,18,19). The second-order valence-electron chi connectivity index (χ2n) is 6.05. The Morgan fingerprint density at radius 1 is 1.30 bits per heavy atom. The number of fused-ring (bicyclic) bond motifs is 1. The third-order valence-corrected chi connectivity index (χ3v) is 4.54. The van der Waals surface area contributed by atoms with Gasteiger partial charge in [-0.2, -0.15) is 0 Å². The Morgan fingerprint density at radius 2 is 2.10 bits per heavy atom. The molecular formula is C16H22N2O2. The highest BCUT2D eigenvalue weighted by atomic mass is 16.3. The van der Waals surface area contributed by atoms with Gasteiger partial charge in [-0.25, -0.2) is 4.79 Å². The van der Waals surface area contributed by atoms with Gasteiger partial charge in [-0.15, -0.1) is 0 Å². The van der Waals surface area contributed by atoms with E-state index in [1.54, 1.807) is 0 Å². The van der Waals surface area contributed by atoms with Gasteiger partial charge in [0.1, 0.15) is 0 Å². The highest BCUT2D eigenvalue weighted by molar-refractivity contribution is 5.74. The zero-order valence-corrected chi connectivity index (χ0v) is 11.7. The van der Waals surface area contributed by atoms with Crippen LogP contribution in [0.15, 0.2) is 24.3 Å². The lowest BCUT2D eigenvalue weighted by molar-refractivity contribution is -0.0290. The normalized spacial score (nSPS) is 23.4. The summed E-state index contributed by atoms with van der Waals surface area (Å²) >= 11 is 0. The maximum atomic E-state index is 12.0. The summed E-state index contributed by atoms with van der Waals surface area (Å²) in [5, 5.41) is 15.8. The summed E-state index contributed by atoms with van der Waals surface area (Å²) < 4.78 is 0. The largest absolute Gasteiger partial charge is 0.388 e. The molecule has 0 spiro atoms. The van der Waals surface area contributed by atoms with Crippen molar-refractivity contribution < 1.29 is 9.90 Å². The van der Waals surface area contributed by atoms with Crippen LogP contribution in [0.1, 0.15) is 49.3 Å². The van der Waals surface area contributed by atoms with Crippen molar-refractivity contribution >= 4 is 6.03 Å². The van der Waals surface area contributed by atoms with Crippen LogP contribution >= 0.6 is 0 Å². The van der Waals surface area contributed by atoms with Crippen LogP contribution in [0.5, 0.6) is 0 Å². The molecule has 1 fully saturated rings. The number of rotatable bonds is 3. The second-order valence-corrected chi connectivity index (χ2v) is 6.05. The molecule has 2 aliphatic rings. The summed E-state index contributed by atoms with van der Waals surface area (Å²) in [7, 11) is 0. The van der Waals surface area contributed by atoms with Crippen molar-refractivity contribution in [2.75, 3.05) is 6.54 Å². The molecule has 0 radical (unpaired) electrons. The van der Waals surface area contributed by atoms with Gasteiger partial charge in [-0.1, -0.05) is 24.3 Å². The number of carbonyl (C=O) groups is 1. The lowest BCUT2D eigenvalue weighted by Gasteiger charge is -2.36. The van der Waals surface area contributed by atoms with Gasteiger partial charge < -0.3 is 15.7 Å². The van der Waals surface area contributed by atoms with Crippen LogP contribution in [0.3, 0.4) is 0 Å². The highest BCUT2D eigenvalue weighted by Crippen LogP contribution is 2.31. The molecule has 1 aromatic carbocycles. The zero-order chi connectivity index (χ0) is 14.0. The smallest absolute Gasteiger partial charge is 0.315 e. The molecule has 0 bridgehead atoms. The molecule has 108 valence electrons. The average molecular weight is 274 g/mol. The van der Waals surface area contributed by atoms with Crippen LogP contribution in [0.4, 0.5) is 4.79 Å². The maximum absolute atomic E-state index is 12.0. The lowest BCUT2D eigenvalue weighted by Crippen LogP contribution is -2.50. The Bertz CT molecular complexity index is 497. The first kappa shape index (κ1) is 13.4. The minimum Gasteiger partial charge on any atom is -0.388 e. The van der Waals surface area contributed by atoms with E-state index >= 15 is 0 Å². The molecule has 2 aliphatic carbocycles. The fraction of sp³-hybridized carbons (Fsp3) is 0.562. The van der Waals surface area contributed by atoms with E-state index in [2.05, 4.69) is 22.8 Å². The van der Waals surface area contributed by atoms with Gasteiger partial charge in [0.15, 0.2) is 0 Å². The topological polar surface area (TPSA) is 61.4 Å².